The number of hydrogen-bond donors (Lipinski definition) is 1. The first-order chi connectivity index (χ1) is 15.3. The highest BCUT2D eigenvalue weighted by Gasteiger charge is 2.33. The zero-order valence-corrected chi connectivity index (χ0v) is 20.7. The number of nitrogens with zero attached hydrogens (tertiary/aromatic N) is 2. The van der Waals surface area contributed by atoms with E-state index in [0.717, 1.165) is 30.1 Å². The van der Waals surface area contributed by atoms with Gasteiger partial charge >= 0.3 is 0 Å². The van der Waals surface area contributed by atoms with Gasteiger partial charge in [-0.2, -0.15) is 0 Å². The van der Waals surface area contributed by atoms with Crippen LogP contribution in [0.25, 0.3) is 0 Å². The Hall–Kier alpha value is -2.32. The highest BCUT2D eigenvalue weighted by Crippen LogP contribution is 2.24. The third-order valence-electron chi connectivity index (χ3n) is 5.74. The number of ether oxygens (including phenoxy) is 1. The summed E-state index contributed by atoms with van der Waals surface area (Å²) in [4.78, 5) is 4.31. The van der Waals surface area contributed by atoms with Crippen molar-refractivity contribution in [3.8, 4) is 5.75 Å². The summed E-state index contributed by atoms with van der Waals surface area (Å²) in [6, 6.07) is 15.9. The lowest BCUT2D eigenvalue weighted by molar-refractivity contribution is 0.332. The van der Waals surface area contributed by atoms with Crippen molar-refractivity contribution in [1.82, 2.24) is 4.90 Å². The Bertz CT molecular complexity index is 988. The summed E-state index contributed by atoms with van der Waals surface area (Å²) < 4.78 is 29.8. The molecule has 0 amide bonds. The summed E-state index contributed by atoms with van der Waals surface area (Å²) in [7, 11) is -3.03. The second-order valence-electron chi connectivity index (χ2n) is 7.91. The van der Waals surface area contributed by atoms with E-state index in [4.69, 9.17) is 17.0 Å². The van der Waals surface area contributed by atoms with Gasteiger partial charge in [-0.25, -0.2) is 8.42 Å². The average molecular weight is 476 g/mol. The van der Waals surface area contributed by atoms with Crippen molar-refractivity contribution in [2.75, 3.05) is 41.4 Å². The normalized spacial score (nSPS) is 17.0. The second kappa shape index (κ2) is 11.0. The molecule has 0 bridgehead atoms. The molecule has 1 saturated heterocycles. The molecule has 3 rings (SSSR count). The predicted octanol–water partition coefficient (Wildman–Crippen LogP) is 4.32. The van der Waals surface area contributed by atoms with Gasteiger partial charge in [0, 0.05) is 37.1 Å². The largest absolute Gasteiger partial charge is 0.494 e. The zero-order chi connectivity index (χ0) is 23.1. The van der Waals surface area contributed by atoms with Crippen LogP contribution in [0.15, 0.2) is 48.5 Å². The third-order valence-corrected chi connectivity index (χ3v) is 7.83. The Morgan fingerprint density at radius 1 is 1.06 bits per heavy atom. The Balaban J connectivity index is 1.76. The Kier molecular flexibility index (Phi) is 8.37. The summed E-state index contributed by atoms with van der Waals surface area (Å²) in [5, 5.41) is 3.81. The van der Waals surface area contributed by atoms with Crippen LogP contribution < -0.4 is 15.0 Å². The fourth-order valence-corrected chi connectivity index (χ4v) is 6.04. The second-order valence-corrected chi connectivity index (χ2v) is 10.5. The van der Waals surface area contributed by atoms with Crippen molar-refractivity contribution >= 4 is 38.5 Å². The molecular weight excluding hydrogens is 442 g/mol. The van der Waals surface area contributed by atoms with Crippen molar-refractivity contribution in [3.05, 3.63) is 54.1 Å². The van der Waals surface area contributed by atoms with Crippen LogP contribution in [-0.2, 0) is 16.4 Å². The van der Waals surface area contributed by atoms with E-state index in [1.807, 2.05) is 36.1 Å². The van der Waals surface area contributed by atoms with Crippen LogP contribution in [-0.4, -0.2) is 55.7 Å². The Morgan fingerprint density at radius 3 is 2.25 bits per heavy atom. The summed E-state index contributed by atoms with van der Waals surface area (Å²) in [5.41, 5.74) is 3.13. The quantitative estimate of drug-likeness (QED) is 0.542. The molecule has 0 spiro atoms. The molecule has 1 aliphatic rings. The van der Waals surface area contributed by atoms with Crippen LogP contribution in [0, 0.1) is 0 Å². The minimum absolute atomic E-state index is 0.134. The predicted molar refractivity (Wildman–Crippen MR) is 136 cm³/mol. The molecule has 0 saturated carbocycles. The minimum atomic E-state index is -3.03. The summed E-state index contributed by atoms with van der Waals surface area (Å²) in [6.45, 7) is 9.32. The number of nitrogens with one attached hydrogen (secondary N) is 1. The molecule has 0 aromatic heterocycles. The van der Waals surface area contributed by atoms with Gasteiger partial charge in [-0.15, -0.1) is 0 Å². The minimum Gasteiger partial charge on any atom is -0.494 e. The summed E-state index contributed by atoms with van der Waals surface area (Å²) in [6.07, 6.45) is 0.588. The van der Waals surface area contributed by atoms with E-state index in [1.54, 1.807) is 0 Å². The van der Waals surface area contributed by atoms with E-state index in [0.29, 0.717) is 24.7 Å². The van der Waals surface area contributed by atoms with Crippen LogP contribution in [0.5, 0.6) is 5.75 Å². The van der Waals surface area contributed by atoms with Crippen molar-refractivity contribution in [2.45, 2.75) is 39.8 Å². The van der Waals surface area contributed by atoms with Crippen LogP contribution in [0.3, 0.4) is 0 Å². The SMILES string of the molecule is CCOc1ccc(NC(=S)N(Cc2ccc(N(CC)CC)cc2)C2CCS(=O)(=O)C2)cc1. The molecule has 174 valence electrons. The van der Waals surface area contributed by atoms with Gasteiger partial charge in [0.25, 0.3) is 0 Å². The molecule has 1 aliphatic heterocycles. The number of benzene rings is 2. The lowest BCUT2D eigenvalue weighted by atomic mass is 10.1. The molecule has 1 heterocycles. The van der Waals surface area contributed by atoms with Gasteiger partial charge in [-0.05, 0) is 81.4 Å². The smallest absolute Gasteiger partial charge is 0.174 e. The van der Waals surface area contributed by atoms with Gasteiger partial charge in [-0.1, -0.05) is 12.1 Å². The molecular formula is C24H33N3O3S2. The van der Waals surface area contributed by atoms with Crippen molar-refractivity contribution < 1.29 is 13.2 Å². The van der Waals surface area contributed by atoms with E-state index < -0.39 is 9.84 Å². The molecule has 1 atom stereocenters. The maximum absolute atomic E-state index is 12.2. The summed E-state index contributed by atoms with van der Waals surface area (Å²) >= 11 is 5.74. The van der Waals surface area contributed by atoms with Gasteiger partial charge in [0.2, 0.25) is 0 Å². The van der Waals surface area contributed by atoms with Crippen LogP contribution >= 0.6 is 12.2 Å². The lowest BCUT2D eigenvalue weighted by Gasteiger charge is -2.31. The highest BCUT2D eigenvalue weighted by molar-refractivity contribution is 7.91. The molecule has 1 N–H and O–H groups in total. The lowest BCUT2D eigenvalue weighted by Crippen LogP contribution is -2.43. The Morgan fingerprint density at radius 2 is 1.72 bits per heavy atom. The van der Waals surface area contributed by atoms with E-state index in [1.165, 1.54) is 5.69 Å². The summed E-state index contributed by atoms with van der Waals surface area (Å²) in [5.74, 6) is 1.15. The molecule has 1 unspecified atom stereocenters. The molecule has 8 heteroatoms. The third kappa shape index (κ3) is 6.36. The maximum Gasteiger partial charge on any atom is 0.174 e. The monoisotopic (exact) mass is 475 g/mol. The number of sulfone groups is 1. The van der Waals surface area contributed by atoms with Gasteiger partial charge in [0.15, 0.2) is 14.9 Å². The fraction of sp³-hybridized carbons (Fsp3) is 0.458. The van der Waals surface area contributed by atoms with Crippen LogP contribution in [0.2, 0.25) is 0 Å². The molecule has 2 aromatic carbocycles. The number of rotatable bonds is 9. The first-order valence-corrected chi connectivity index (χ1v) is 13.4. The van der Waals surface area contributed by atoms with E-state index >= 15 is 0 Å². The molecule has 0 aliphatic carbocycles. The van der Waals surface area contributed by atoms with E-state index in [9.17, 15) is 8.42 Å². The first kappa shape index (κ1) is 24.3. The molecule has 32 heavy (non-hydrogen) atoms. The van der Waals surface area contributed by atoms with Crippen molar-refractivity contribution in [2.24, 2.45) is 0 Å². The zero-order valence-electron chi connectivity index (χ0n) is 19.1. The molecule has 0 radical (unpaired) electrons. The standard InChI is InChI=1S/C24H33N3O3S2/c1-4-26(5-2)21-11-7-19(8-12-21)17-27(22-15-16-32(28,29)18-22)24(31)25-20-9-13-23(14-10-20)30-6-3/h7-14,22H,4-6,15-18H2,1-3H3,(H,25,31). The van der Waals surface area contributed by atoms with Crippen molar-refractivity contribution in [1.29, 1.82) is 0 Å². The van der Waals surface area contributed by atoms with Crippen molar-refractivity contribution in [3.63, 3.8) is 0 Å². The first-order valence-electron chi connectivity index (χ1n) is 11.2. The average Bonchev–Trinajstić information content (AvgIpc) is 3.14. The molecule has 1 fully saturated rings. The topological polar surface area (TPSA) is 61.9 Å². The van der Waals surface area contributed by atoms with Crippen LogP contribution in [0.1, 0.15) is 32.8 Å². The van der Waals surface area contributed by atoms with Gasteiger partial charge in [-0.3, -0.25) is 0 Å². The maximum atomic E-state index is 12.2. The number of hydrogen-bond acceptors (Lipinski definition) is 5. The van der Waals surface area contributed by atoms with E-state index in [-0.39, 0.29) is 17.5 Å². The molecule has 6 nitrogen and oxygen atoms in total. The number of anilines is 2. The van der Waals surface area contributed by atoms with E-state index in [2.05, 4.69) is 48.3 Å². The van der Waals surface area contributed by atoms with Gasteiger partial charge in [0.05, 0.1) is 18.1 Å². The Labute approximate surface area is 197 Å². The van der Waals surface area contributed by atoms with Gasteiger partial charge in [0.1, 0.15) is 5.75 Å². The number of thiocarbonyl (C=S) groups is 1. The molecule has 2 aromatic rings. The fourth-order valence-electron chi connectivity index (χ4n) is 3.98. The van der Waals surface area contributed by atoms with Crippen LogP contribution in [0.4, 0.5) is 11.4 Å². The van der Waals surface area contributed by atoms with Gasteiger partial charge < -0.3 is 19.9 Å². The highest BCUT2D eigenvalue weighted by atomic mass is 32.2.